The van der Waals surface area contributed by atoms with Crippen molar-refractivity contribution in [2.75, 3.05) is 10.6 Å². The van der Waals surface area contributed by atoms with Gasteiger partial charge >= 0.3 is 5.97 Å². The third-order valence-corrected chi connectivity index (χ3v) is 5.26. The Morgan fingerprint density at radius 1 is 1.14 bits per heavy atom. The molecule has 0 radical (unpaired) electrons. The number of rotatable bonds is 6. The molecule has 1 unspecified atom stereocenters. The largest absolute Gasteiger partial charge is 0.481 e. The van der Waals surface area contributed by atoms with Gasteiger partial charge in [-0.05, 0) is 56.0 Å². The van der Waals surface area contributed by atoms with Crippen LogP contribution in [0.3, 0.4) is 0 Å². The van der Waals surface area contributed by atoms with Crippen molar-refractivity contribution in [2.24, 2.45) is 5.92 Å². The lowest BCUT2D eigenvalue weighted by molar-refractivity contribution is -0.142. The number of nitrogens with one attached hydrogen (secondary N) is 2. The summed E-state index contributed by atoms with van der Waals surface area (Å²) in [5.74, 6) is -1.35. The summed E-state index contributed by atoms with van der Waals surface area (Å²) in [5.41, 5.74) is 2.21. The zero-order valence-electron chi connectivity index (χ0n) is 16.0. The van der Waals surface area contributed by atoms with Gasteiger partial charge in [0.25, 0.3) is 0 Å². The molecule has 2 aromatic carbocycles. The molecule has 2 aromatic rings. The van der Waals surface area contributed by atoms with Crippen LogP contribution in [0.2, 0.25) is 0 Å². The Hall–Kier alpha value is -3.15. The quantitative estimate of drug-likeness (QED) is 0.714. The number of carbonyl (C=O) groups is 3. The molecule has 0 fully saturated rings. The molecular weight excluding hydrogens is 356 g/mol. The van der Waals surface area contributed by atoms with Crippen molar-refractivity contribution in [3.8, 4) is 0 Å². The van der Waals surface area contributed by atoms with E-state index in [1.807, 2.05) is 24.3 Å². The monoisotopic (exact) mass is 380 g/mol. The summed E-state index contributed by atoms with van der Waals surface area (Å²) in [5, 5.41) is 15.0. The van der Waals surface area contributed by atoms with Gasteiger partial charge in [0.1, 0.15) is 0 Å². The van der Waals surface area contributed by atoms with Crippen molar-refractivity contribution in [2.45, 2.75) is 38.5 Å². The van der Waals surface area contributed by atoms with Crippen LogP contribution in [-0.2, 0) is 26.2 Å². The predicted octanol–water partition coefficient (Wildman–Crippen LogP) is 3.58. The van der Waals surface area contributed by atoms with E-state index in [2.05, 4.69) is 10.6 Å². The van der Waals surface area contributed by atoms with Crippen molar-refractivity contribution in [3.63, 3.8) is 0 Å². The Kier molecular flexibility index (Phi) is 5.49. The minimum Gasteiger partial charge on any atom is -0.481 e. The Morgan fingerprint density at radius 2 is 1.82 bits per heavy atom. The predicted molar refractivity (Wildman–Crippen MR) is 107 cm³/mol. The molecule has 6 nitrogen and oxygen atoms in total. The smallest absolute Gasteiger partial charge is 0.313 e. The highest BCUT2D eigenvalue weighted by atomic mass is 16.4. The molecule has 0 bridgehead atoms. The SMILES string of the molecule is CC(C)(C(=O)O)c1ccc(NC(=O)CCC2Cc3ccccc3NC2=O)cc1. The highest BCUT2D eigenvalue weighted by molar-refractivity contribution is 5.96. The number of hydrogen-bond acceptors (Lipinski definition) is 3. The summed E-state index contributed by atoms with van der Waals surface area (Å²) in [6.07, 6.45) is 1.34. The van der Waals surface area contributed by atoms with E-state index in [-0.39, 0.29) is 24.2 Å². The highest BCUT2D eigenvalue weighted by Crippen LogP contribution is 2.28. The maximum absolute atomic E-state index is 12.3. The van der Waals surface area contributed by atoms with Gasteiger partial charge in [-0.25, -0.2) is 0 Å². The third kappa shape index (κ3) is 4.22. The van der Waals surface area contributed by atoms with Gasteiger partial charge < -0.3 is 15.7 Å². The number of carbonyl (C=O) groups excluding carboxylic acids is 2. The molecule has 1 atom stereocenters. The van der Waals surface area contributed by atoms with E-state index >= 15 is 0 Å². The second-order valence-corrected chi connectivity index (χ2v) is 7.64. The molecule has 1 aliphatic rings. The highest BCUT2D eigenvalue weighted by Gasteiger charge is 2.29. The van der Waals surface area contributed by atoms with Crippen LogP contribution in [-0.4, -0.2) is 22.9 Å². The summed E-state index contributed by atoms with van der Waals surface area (Å²) >= 11 is 0. The number of para-hydroxylation sites is 1. The topological polar surface area (TPSA) is 95.5 Å². The first-order valence-electron chi connectivity index (χ1n) is 9.30. The van der Waals surface area contributed by atoms with E-state index in [0.29, 0.717) is 24.1 Å². The number of fused-ring (bicyclic) bond motifs is 1. The molecule has 0 aliphatic carbocycles. The summed E-state index contributed by atoms with van der Waals surface area (Å²) in [6, 6.07) is 14.5. The maximum atomic E-state index is 12.3. The van der Waals surface area contributed by atoms with Gasteiger partial charge in [-0.3, -0.25) is 14.4 Å². The number of amides is 2. The van der Waals surface area contributed by atoms with Gasteiger partial charge in [0.05, 0.1) is 5.41 Å². The normalized spacial score (nSPS) is 16.1. The van der Waals surface area contributed by atoms with Gasteiger partial charge in [-0.1, -0.05) is 30.3 Å². The number of anilines is 2. The first-order chi connectivity index (χ1) is 13.3. The van der Waals surface area contributed by atoms with E-state index in [0.717, 1.165) is 11.3 Å². The van der Waals surface area contributed by atoms with Crippen LogP contribution >= 0.6 is 0 Å². The molecule has 6 heteroatoms. The molecule has 3 rings (SSSR count). The number of carboxylic acids is 1. The number of hydrogen-bond donors (Lipinski definition) is 3. The van der Waals surface area contributed by atoms with Crippen molar-refractivity contribution >= 4 is 29.2 Å². The molecule has 0 saturated heterocycles. The molecule has 1 heterocycles. The Bertz CT molecular complexity index is 903. The second kappa shape index (κ2) is 7.84. The summed E-state index contributed by atoms with van der Waals surface area (Å²) < 4.78 is 0. The Labute approximate surface area is 164 Å². The van der Waals surface area contributed by atoms with Crippen LogP contribution in [0.4, 0.5) is 11.4 Å². The molecule has 1 aliphatic heterocycles. The van der Waals surface area contributed by atoms with Crippen LogP contribution in [0, 0.1) is 5.92 Å². The van der Waals surface area contributed by atoms with E-state index < -0.39 is 11.4 Å². The average Bonchev–Trinajstić information content (AvgIpc) is 2.66. The zero-order valence-corrected chi connectivity index (χ0v) is 16.0. The Balaban J connectivity index is 1.55. The van der Waals surface area contributed by atoms with Crippen LogP contribution in [0.25, 0.3) is 0 Å². The molecule has 2 amide bonds. The van der Waals surface area contributed by atoms with Crippen LogP contribution in [0.15, 0.2) is 48.5 Å². The fourth-order valence-electron chi connectivity index (χ4n) is 3.27. The van der Waals surface area contributed by atoms with E-state index in [9.17, 15) is 19.5 Å². The fourth-order valence-corrected chi connectivity index (χ4v) is 3.27. The van der Waals surface area contributed by atoms with Gasteiger partial charge in [0, 0.05) is 23.7 Å². The summed E-state index contributed by atoms with van der Waals surface area (Å²) in [7, 11) is 0. The Morgan fingerprint density at radius 3 is 2.50 bits per heavy atom. The first-order valence-corrected chi connectivity index (χ1v) is 9.30. The summed E-state index contributed by atoms with van der Waals surface area (Å²) in [6.45, 7) is 3.27. The second-order valence-electron chi connectivity index (χ2n) is 7.64. The van der Waals surface area contributed by atoms with Crippen molar-refractivity contribution < 1.29 is 19.5 Å². The van der Waals surface area contributed by atoms with Gasteiger partial charge in [-0.15, -0.1) is 0 Å². The zero-order chi connectivity index (χ0) is 20.3. The minimum absolute atomic E-state index is 0.0493. The molecule has 146 valence electrons. The molecule has 0 spiro atoms. The molecule has 0 aromatic heterocycles. The lowest BCUT2D eigenvalue weighted by atomic mass is 9.85. The van der Waals surface area contributed by atoms with Gasteiger partial charge in [0.15, 0.2) is 0 Å². The number of carboxylic acid groups (broad SMARTS) is 1. The fraction of sp³-hybridized carbons (Fsp3) is 0.318. The van der Waals surface area contributed by atoms with Crippen molar-refractivity contribution in [1.82, 2.24) is 0 Å². The number of benzene rings is 2. The summed E-state index contributed by atoms with van der Waals surface area (Å²) in [4.78, 5) is 35.8. The standard InChI is InChI=1S/C22H24N2O4/c1-22(2,21(27)28)16-8-10-17(11-9-16)23-19(25)12-7-15-13-14-5-3-4-6-18(14)24-20(15)26/h3-6,8-11,15H,7,12-13H2,1-2H3,(H,23,25)(H,24,26)(H,27,28). The van der Waals surface area contributed by atoms with Crippen LogP contribution in [0.1, 0.15) is 37.8 Å². The third-order valence-electron chi connectivity index (χ3n) is 5.26. The molecular formula is C22H24N2O4. The molecule has 3 N–H and O–H groups in total. The minimum atomic E-state index is -0.993. The van der Waals surface area contributed by atoms with Crippen molar-refractivity contribution in [3.05, 3.63) is 59.7 Å². The van der Waals surface area contributed by atoms with E-state index in [1.54, 1.807) is 38.1 Å². The van der Waals surface area contributed by atoms with Crippen LogP contribution < -0.4 is 10.6 Å². The molecule has 0 saturated carbocycles. The van der Waals surface area contributed by atoms with Crippen molar-refractivity contribution in [1.29, 1.82) is 0 Å². The van der Waals surface area contributed by atoms with E-state index in [1.165, 1.54) is 0 Å². The number of aliphatic carboxylic acids is 1. The lowest BCUT2D eigenvalue weighted by Crippen LogP contribution is -2.30. The van der Waals surface area contributed by atoms with Gasteiger partial charge in [-0.2, -0.15) is 0 Å². The maximum Gasteiger partial charge on any atom is 0.313 e. The average molecular weight is 380 g/mol. The van der Waals surface area contributed by atoms with Crippen LogP contribution in [0.5, 0.6) is 0 Å². The van der Waals surface area contributed by atoms with E-state index in [4.69, 9.17) is 0 Å². The molecule has 28 heavy (non-hydrogen) atoms. The van der Waals surface area contributed by atoms with Gasteiger partial charge in [0.2, 0.25) is 11.8 Å². The first kappa shape index (κ1) is 19.6. The lowest BCUT2D eigenvalue weighted by Gasteiger charge is -2.24.